The molecule has 5 nitrogen and oxygen atoms in total. The Kier molecular flexibility index (Phi) is 3.77. The van der Waals surface area contributed by atoms with Crippen molar-refractivity contribution >= 4 is 18.6 Å². The number of carbonyl (C=O) groups is 1. The molecule has 1 saturated heterocycles. The van der Waals surface area contributed by atoms with Crippen molar-refractivity contribution in [1.82, 2.24) is 4.98 Å². The van der Waals surface area contributed by atoms with E-state index < -0.39 is 41.7 Å². The highest BCUT2D eigenvalue weighted by atomic mass is 19.4. The van der Waals surface area contributed by atoms with Crippen LogP contribution in [0.1, 0.15) is 43.7 Å². The van der Waals surface area contributed by atoms with E-state index in [0.29, 0.717) is 0 Å². The van der Waals surface area contributed by atoms with Gasteiger partial charge in [-0.25, -0.2) is 4.79 Å². The standard InChI is InChI=1S/C13H15BF3NO4/c1-11(2)12(3,4)22-14(21-11)7-5-8(10(19)20)9(18-6-7)13(15,16)17/h5-6H,1-4H3,(H,19,20). The molecule has 0 aromatic carbocycles. The predicted molar refractivity (Wildman–Crippen MR) is 71.9 cm³/mol. The number of alkyl halides is 3. The fraction of sp³-hybridized carbons (Fsp3) is 0.538. The van der Waals surface area contributed by atoms with Crippen LogP contribution in [0.4, 0.5) is 13.2 Å². The zero-order chi connectivity index (χ0) is 16.9. The van der Waals surface area contributed by atoms with Crippen LogP contribution in [0.25, 0.3) is 0 Å². The van der Waals surface area contributed by atoms with E-state index in [4.69, 9.17) is 14.4 Å². The average molecular weight is 317 g/mol. The van der Waals surface area contributed by atoms with Crippen molar-refractivity contribution in [1.29, 1.82) is 0 Å². The lowest BCUT2D eigenvalue weighted by molar-refractivity contribution is -0.141. The van der Waals surface area contributed by atoms with Crippen molar-refractivity contribution in [3.05, 3.63) is 23.5 Å². The summed E-state index contributed by atoms with van der Waals surface area (Å²) in [5, 5.41) is 8.98. The van der Waals surface area contributed by atoms with E-state index in [9.17, 15) is 18.0 Å². The lowest BCUT2D eigenvalue weighted by atomic mass is 9.79. The summed E-state index contributed by atoms with van der Waals surface area (Å²) in [6.45, 7) is 7.12. The van der Waals surface area contributed by atoms with Gasteiger partial charge in [-0.2, -0.15) is 13.2 Å². The minimum Gasteiger partial charge on any atom is -0.478 e. The van der Waals surface area contributed by atoms with Crippen molar-refractivity contribution < 1.29 is 32.4 Å². The first-order valence-corrected chi connectivity index (χ1v) is 6.51. The summed E-state index contributed by atoms with van der Waals surface area (Å²) < 4.78 is 49.7. The van der Waals surface area contributed by atoms with Crippen molar-refractivity contribution in [2.45, 2.75) is 45.1 Å². The third kappa shape index (κ3) is 2.82. The summed E-state index contributed by atoms with van der Waals surface area (Å²) in [4.78, 5) is 14.3. The maximum atomic E-state index is 12.8. The lowest BCUT2D eigenvalue weighted by Crippen LogP contribution is -2.41. The Balaban J connectivity index is 2.44. The minimum atomic E-state index is -4.85. The Morgan fingerprint density at radius 1 is 1.23 bits per heavy atom. The van der Waals surface area contributed by atoms with Crippen LogP contribution in [-0.4, -0.2) is 34.4 Å². The van der Waals surface area contributed by atoms with E-state index in [1.165, 1.54) is 0 Å². The zero-order valence-corrected chi connectivity index (χ0v) is 12.5. The van der Waals surface area contributed by atoms with Gasteiger partial charge < -0.3 is 14.4 Å². The number of hydrogen-bond acceptors (Lipinski definition) is 4. The molecule has 22 heavy (non-hydrogen) atoms. The van der Waals surface area contributed by atoms with Crippen LogP contribution < -0.4 is 5.46 Å². The largest absolute Gasteiger partial charge is 0.496 e. The van der Waals surface area contributed by atoms with Gasteiger partial charge in [0, 0.05) is 11.7 Å². The Labute approximate surface area is 125 Å². The average Bonchev–Trinajstić information content (AvgIpc) is 2.56. The zero-order valence-electron chi connectivity index (χ0n) is 12.5. The minimum absolute atomic E-state index is 0.129. The Hall–Kier alpha value is -1.61. The molecule has 1 aliphatic heterocycles. The maximum Gasteiger partial charge on any atom is 0.496 e. The Bertz CT molecular complexity index is 600. The second-order valence-electron chi connectivity index (χ2n) is 6.06. The van der Waals surface area contributed by atoms with Crippen LogP contribution in [0.5, 0.6) is 0 Å². The van der Waals surface area contributed by atoms with E-state index in [1.807, 2.05) is 0 Å². The molecule has 0 atom stereocenters. The van der Waals surface area contributed by atoms with Gasteiger partial charge in [0.2, 0.25) is 0 Å². The van der Waals surface area contributed by atoms with Crippen LogP contribution in [0.3, 0.4) is 0 Å². The van der Waals surface area contributed by atoms with Crippen LogP contribution in [0, 0.1) is 0 Å². The number of hydrogen-bond donors (Lipinski definition) is 1. The van der Waals surface area contributed by atoms with Crippen molar-refractivity contribution in [3.63, 3.8) is 0 Å². The fourth-order valence-electron chi connectivity index (χ4n) is 1.98. The first-order chi connectivity index (χ1) is 9.85. The summed E-state index contributed by atoms with van der Waals surface area (Å²) in [5.74, 6) is -1.71. The molecule has 0 amide bonds. The summed E-state index contributed by atoms with van der Waals surface area (Å²) >= 11 is 0. The highest BCUT2D eigenvalue weighted by Crippen LogP contribution is 2.37. The lowest BCUT2D eigenvalue weighted by Gasteiger charge is -2.32. The summed E-state index contributed by atoms with van der Waals surface area (Å²) in [6.07, 6.45) is -3.92. The number of aromatic nitrogens is 1. The van der Waals surface area contributed by atoms with Crippen LogP contribution >= 0.6 is 0 Å². The number of halogens is 3. The summed E-state index contributed by atoms with van der Waals surface area (Å²) in [6, 6.07) is 0.889. The molecule has 1 aromatic heterocycles. The van der Waals surface area contributed by atoms with E-state index >= 15 is 0 Å². The number of pyridine rings is 1. The number of aromatic carboxylic acids is 1. The second-order valence-corrected chi connectivity index (χ2v) is 6.06. The van der Waals surface area contributed by atoms with Crippen LogP contribution in [-0.2, 0) is 15.5 Å². The van der Waals surface area contributed by atoms with Gasteiger partial charge in [0.25, 0.3) is 0 Å². The van der Waals surface area contributed by atoms with Gasteiger partial charge >= 0.3 is 19.3 Å². The van der Waals surface area contributed by atoms with E-state index in [1.54, 1.807) is 27.7 Å². The molecule has 1 fully saturated rings. The molecule has 120 valence electrons. The molecule has 0 radical (unpaired) electrons. The van der Waals surface area contributed by atoms with Crippen molar-refractivity contribution in [3.8, 4) is 0 Å². The molecule has 0 spiro atoms. The van der Waals surface area contributed by atoms with Gasteiger partial charge in [0.15, 0.2) is 5.69 Å². The van der Waals surface area contributed by atoms with Gasteiger partial charge in [-0.05, 0) is 33.8 Å². The van der Waals surface area contributed by atoms with Crippen molar-refractivity contribution in [2.75, 3.05) is 0 Å². The smallest absolute Gasteiger partial charge is 0.478 e. The SMILES string of the molecule is CC1(C)OB(c2cnc(C(F)(F)F)c(C(=O)O)c2)OC1(C)C. The molecule has 0 aliphatic carbocycles. The Morgan fingerprint density at radius 3 is 2.14 bits per heavy atom. The van der Waals surface area contributed by atoms with Gasteiger partial charge in [-0.1, -0.05) is 0 Å². The molecule has 1 N–H and O–H groups in total. The normalized spacial score (nSPS) is 20.2. The van der Waals surface area contributed by atoms with Gasteiger partial charge in [0.1, 0.15) is 0 Å². The molecular weight excluding hydrogens is 302 g/mol. The highest BCUT2D eigenvalue weighted by Gasteiger charge is 2.52. The number of nitrogens with zero attached hydrogens (tertiary/aromatic N) is 1. The highest BCUT2D eigenvalue weighted by molar-refractivity contribution is 6.62. The first-order valence-electron chi connectivity index (χ1n) is 6.51. The van der Waals surface area contributed by atoms with Gasteiger partial charge in [-0.15, -0.1) is 0 Å². The molecule has 9 heteroatoms. The number of carboxylic acids is 1. The molecule has 1 aliphatic rings. The molecule has 2 heterocycles. The Morgan fingerprint density at radius 2 is 1.73 bits per heavy atom. The van der Waals surface area contributed by atoms with Gasteiger partial charge in [0.05, 0.1) is 16.8 Å². The third-order valence-electron chi connectivity index (χ3n) is 3.93. The molecule has 0 bridgehead atoms. The molecule has 2 rings (SSSR count). The number of rotatable bonds is 2. The summed E-state index contributed by atoms with van der Waals surface area (Å²) in [7, 11) is -0.974. The molecule has 0 saturated carbocycles. The van der Waals surface area contributed by atoms with Crippen LogP contribution in [0.15, 0.2) is 12.3 Å². The van der Waals surface area contributed by atoms with E-state index in [2.05, 4.69) is 4.98 Å². The van der Waals surface area contributed by atoms with Crippen molar-refractivity contribution in [2.24, 2.45) is 0 Å². The number of carboxylic acid groups (broad SMARTS) is 1. The predicted octanol–water partition coefficient (Wildman–Crippen LogP) is 2.10. The molecular formula is C13H15BF3NO4. The first kappa shape index (κ1) is 16.8. The quantitative estimate of drug-likeness (QED) is 0.846. The molecule has 1 aromatic rings. The second kappa shape index (κ2) is 4.95. The van der Waals surface area contributed by atoms with Gasteiger partial charge in [-0.3, -0.25) is 4.98 Å². The fourth-order valence-corrected chi connectivity index (χ4v) is 1.98. The van der Waals surface area contributed by atoms with Crippen LogP contribution in [0.2, 0.25) is 0 Å². The van der Waals surface area contributed by atoms with E-state index in [-0.39, 0.29) is 5.46 Å². The molecule has 0 unspecified atom stereocenters. The topological polar surface area (TPSA) is 68.7 Å². The summed E-state index contributed by atoms with van der Waals surface area (Å²) in [5.41, 5.74) is -3.63. The monoisotopic (exact) mass is 317 g/mol. The third-order valence-corrected chi connectivity index (χ3v) is 3.93. The maximum absolute atomic E-state index is 12.8. The van der Waals surface area contributed by atoms with E-state index in [0.717, 1.165) is 12.3 Å².